The van der Waals surface area contributed by atoms with E-state index < -0.39 is 0 Å². The maximum absolute atomic E-state index is 12.4. The summed E-state index contributed by atoms with van der Waals surface area (Å²) in [4.78, 5) is 26.6. The van der Waals surface area contributed by atoms with Crippen LogP contribution in [-0.2, 0) is 16.0 Å². The Balaban J connectivity index is 1.87. The van der Waals surface area contributed by atoms with Crippen LogP contribution in [0.5, 0.6) is 0 Å². The van der Waals surface area contributed by atoms with Crippen LogP contribution in [-0.4, -0.2) is 41.0 Å². The first kappa shape index (κ1) is 20.4. The minimum Gasteiger partial charge on any atom is -0.393 e. The summed E-state index contributed by atoms with van der Waals surface area (Å²) in [6, 6.07) is 7.55. The quantitative estimate of drug-likeness (QED) is 0.747. The number of likely N-dealkylation sites (tertiary alicyclic amines) is 1. The van der Waals surface area contributed by atoms with Crippen molar-refractivity contribution in [3.63, 3.8) is 0 Å². The Morgan fingerprint density at radius 2 is 1.69 bits per heavy atom. The third-order valence-electron chi connectivity index (χ3n) is 5.04. The highest BCUT2D eigenvalue weighted by atomic mass is 16.3. The van der Waals surface area contributed by atoms with Gasteiger partial charge in [0.05, 0.1) is 12.5 Å². The van der Waals surface area contributed by atoms with Crippen LogP contribution in [0.4, 0.5) is 5.69 Å². The van der Waals surface area contributed by atoms with Crippen molar-refractivity contribution in [1.29, 1.82) is 0 Å². The zero-order valence-corrected chi connectivity index (χ0v) is 16.0. The fraction of sp³-hybridized carbons (Fsp3) is 0.619. The van der Waals surface area contributed by atoms with Crippen LogP contribution in [0, 0.1) is 5.92 Å². The first-order valence-electron chi connectivity index (χ1n) is 9.89. The number of nitrogens with one attached hydrogen (secondary N) is 1. The molecule has 2 rings (SSSR count). The highest BCUT2D eigenvalue weighted by Gasteiger charge is 2.21. The van der Waals surface area contributed by atoms with E-state index in [-0.39, 0.29) is 23.8 Å². The van der Waals surface area contributed by atoms with Crippen LogP contribution in [0.3, 0.4) is 0 Å². The van der Waals surface area contributed by atoms with Crippen LogP contribution in [0.15, 0.2) is 24.3 Å². The molecule has 1 saturated heterocycles. The summed E-state index contributed by atoms with van der Waals surface area (Å²) in [5.41, 5.74) is 1.72. The molecule has 1 heterocycles. The van der Waals surface area contributed by atoms with Gasteiger partial charge < -0.3 is 15.3 Å². The molecule has 0 aromatic heterocycles. The van der Waals surface area contributed by atoms with E-state index in [0.29, 0.717) is 32.4 Å². The van der Waals surface area contributed by atoms with E-state index in [1.165, 1.54) is 0 Å². The predicted molar refractivity (Wildman–Crippen MR) is 104 cm³/mol. The van der Waals surface area contributed by atoms with Gasteiger partial charge in [0.15, 0.2) is 0 Å². The van der Waals surface area contributed by atoms with Gasteiger partial charge in [0.25, 0.3) is 0 Å². The van der Waals surface area contributed by atoms with Gasteiger partial charge in [0.2, 0.25) is 11.8 Å². The highest BCUT2D eigenvalue weighted by molar-refractivity contribution is 5.92. The average molecular weight is 360 g/mol. The van der Waals surface area contributed by atoms with E-state index in [1.807, 2.05) is 29.2 Å². The molecule has 0 atom stereocenters. The van der Waals surface area contributed by atoms with Crippen LogP contribution in [0.25, 0.3) is 0 Å². The lowest BCUT2D eigenvalue weighted by atomic mass is 9.97. The van der Waals surface area contributed by atoms with Gasteiger partial charge in [-0.2, -0.15) is 0 Å². The number of carbonyl (C=O) groups excluding carboxylic acids is 2. The number of hydrogen-bond donors (Lipinski definition) is 2. The molecule has 1 aromatic rings. The molecule has 0 bridgehead atoms. The van der Waals surface area contributed by atoms with E-state index in [9.17, 15) is 14.7 Å². The fourth-order valence-electron chi connectivity index (χ4n) is 3.46. The summed E-state index contributed by atoms with van der Waals surface area (Å²) in [5.74, 6) is 0.254. The van der Waals surface area contributed by atoms with Gasteiger partial charge in [-0.05, 0) is 43.4 Å². The van der Waals surface area contributed by atoms with Gasteiger partial charge in [0, 0.05) is 24.7 Å². The lowest BCUT2D eigenvalue weighted by Gasteiger charge is -2.29. The number of benzene rings is 1. The van der Waals surface area contributed by atoms with Gasteiger partial charge >= 0.3 is 0 Å². The zero-order valence-electron chi connectivity index (χ0n) is 16.0. The topological polar surface area (TPSA) is 69.6 Å². The molecular weight excluding hydrogens is 328 g/mol. The number of aliphatic hydroxyl groups is 1. The molecule has 1 fully saturated rings. The summed E-state index contributed by atoms with van der Waals surface area (Å²) in [6.45, 7) is 5.46. The number of piperidine rings is 1. The fourth-order valence-corrected chi connectivity index (χ4v) is 3.46. The Kier molecular flexibility index (Phi) is 8.10. The number of nitrogens with zero attached hydrogens (tertiary/aromatic N) is 1. The van der Waals surface area contributed by atoms with E-state index in [4.69, 9.17) is 0 Å². The second-order valence-electron chi connectivity index (χ2n) is 7.25. The molecule has 1 aliphatic heterocycles. The largest absolute Gasteiger partial charge is 0.393 e. The molecule has 0 unspecified atom stereocenters. The van der Waals surface area contributed by atoms with E-state index >= 15 is 0 Å². The molecule has 26 heavy (non-hydrogen) atoms. The third-order valence-corrected chi connectivity index (χ3v) is 5.04. The van der Waals surface area contributed by atoms with E-state index in [0.717, 1.165) is 36.9 Å². The molecule has 144 valence electrons. The second-order valence-corrected chi connectivity index (χ2v) is 7.25. The molecule has 2 N–H and O–H groups in total. The first-order chi connectivity index (χ1) is 12.5. The Hall–Kier alpha value is -1.88. The first-order valence-corrected chi connectivity index (χ1v) is 9.89. The van der Waals surface area contributed by atoms with Crippen LogP contribution in [0.2, 0.25) is 0 Å². The number of hydrogen-bond acceptors (Lipinski definition) is 3. The molecule has 0 spiro atoms. The lowest BCUT2D eigenvalue weighted by Crippen LogP contribution is -2.40. The van der Waals surface area contributed by atoms with Gasteiger partial charge in [0.1, 0.15) is 0 Å². The van der Waals surface area contributed by atoms with Crippen molar-refractivity contribution < 1.29 is 14.7 Å². The summed E-state index contributed by atoms with van der Waals surface area (Å²) in [7, 11) is 0. The minimum absolute atomic E-state index is 0.0701. The van der Waals surface area contributed by atoms with Crippen molar-refractivity contribution in [2.45, 2.75) is 64.9 Å². The van der Waals surface area contributed by atoms with Gasteiger partial charge in [-0.3, -0.25) is 9.59 Å². The maximum Gasteiger partial charge on any atom is 0.227 e. The molecule has 0 saturated carbocycles. The molecule has 5 heteroatoms. The molecule has 0 radical (unpaired) electrons. The van der Waals surface area contributed by atoms with Gasteiger partial charge in [-0.25, -0.2) is 0 Å². The summed E-state index contributed by atoms with van der Waals surface area (Å²) in [5, 5.41) is 12.5. The summed E-state index contributed by atoms with van der Waals surface area (Å²) < 4.78 is 0. The number of amides is 2. The maximum atomic E-state index is 12.4. The van der Waals surface area contributed by atoms with Crippen LogP contribution >= 0.6 is 0 Å². The number of anilines is 1. The Labute approximate surface area is 156 Å². The molecule has 1 aliphatic rings. The van der Waals surface area contributed by atoms with Crippen LogP contribution in [0.1, 0.15) is 57.9 Å². The highest BCUT2D eigenvalue weighted by Crippen LogP contribution is 2.18. The van der Waals surface area contributed by atoms with Crippen molar-refractivity contribution in [3.05, 3.63) is 29.8 Å². The Morgan fingerprint density at radius 1 is 1.12 bits per heavy atom. The number of carbonyl (C=O) groups is 2. The molecule has 5 nitrogen and oxygen atoms in total. The number of aliphatic hydroxyl groups excluding tert-OH is 1. The second kappa shape index (κ2) is 10.3. The monoisotopic (exact) mass is 360 g/mol. The molecule has 0 aliphatic carbocycles. The van der Waals surface area contributed by atoms with Crippen LogP contribution < -0.4 is 5.32 Å². The Bertz CT molecular complexity index is 571. The van der Waals surface area contributed by atoms with Crippen molar-refractivity contribution >= 4 is 17.5 Å². The SMILES string of the molecule is CCCC(CCC)C(=O)Nc1ccc(CC(=O)N2CCC(O)CC2)cc1. The Morgan fingerprint density at radius 3 is 2.23 bits per heavy atom. The van der Waals surface area contributed by atoms with E-state index in [2.05, 4.69) is 19.2 Å². The zero-order chi connectivity index (χ0) is 18.9. The molecular formula is C21H32N2O3. The average Bonchev–Trinajstić information content (AvgIpc) is 2.63. The van der Waals surface area contributed by atoms with Gasteiger partial charge in [-0.1, -0.05) is 38.8 Å². The normalized spacial score (nSPS) is 15.3. The van der Waals surface area contributed by atoms with Crippen molar-refractivity contribution in [2.75, 3.05) is 18.4 Å². The third kappa shape index (κ3) is 6.13. The smallest absolute Gasteiger partial charge is 0.227 e. The predicted octanol–water partition coefficient (Wildman–Crippen LogP) is 3.37. The number of rotatable bonds is 8. The van der Waals surface area contributed by atoms with Crippen molar-refractivity contribution in [3.8, 4) is 0 Å². The lowest BCUT2D eigenvalue weighted by molar-refractivity contribution is -0.132. The van der Waals surface area contributed by atoms with Crippen molar-refractivity contribution in [1.82, 2.24) is 4.90 Å². The summed E-state index contributed by atoms with van der Waals surface area (Å²) in [6.07, 6.45) is 5.25. The molecule has 2 amide bonds. The summed E-state index contributed by atoms with van der Waals surface area (Å²) >= 11 is 0. The molecule has 1 aromatic carbocycles. The van der Waals surface area contributed by atoms with E-state index in [1.54, 1.807) is 0 Å². The standard InChI is InChI=1S/C21H32N2O3/c1-3-5-17(6-4-2)21(26)22-18-9-7-16(8-10-18)15-20(25)23-13-11-19(24)12-14-23/h7-10,17,19,24H,3-6,11-15H2,1-2H3,(H,22,26). The van der Waals surface area contributed by atoms with Crippen molar-refractivity contribution in [2.24, 2.45) is 5.92 Å². The minimum atomic E-state index is -0.272. The van der Waals surface area contributed by atoms with Gasteiger partial charge in [-0.15, -0.1) is 0 Å².